The third-order valence-corrected chi connectivity index (χ3v) is 6.98. The number of amides is 1. The molecule has 1 atom stereocenters. The predicted molar refractivity (Wildman–Crippen MR) is 145 cm³/mol. The standard InChI is InChI=1S/C29H30N4O4/c1-19-5-4-6-23(15-19)32-14-13-31(17-20(32)2)27(34)22-9-12-25-26(16-22)30-29(36)33(28(25)35)18-21-7-10-24(37-3)11-8-21/h4-12,15-16,20H,13-14,17-18H2,1-3H3,(H,30,36). The van der Waals surface area contributed by atoms with E-state index < -0.39 is 11.2 Å². The van der Waals surface area contributed by atoms with Crippen LogP contribution in [-0.2, 0) is 6.54 Å². The monoisotopic (exact) mass is 498 g/mol. The van der Waals surface area contributed by atoms with Crippen LogP contribution in [0.15, 0.2) is 76.3 Å². The molecule has 1 N–H and O–H groups in total. The largest absolute Gasteiger partial charge is 0.497 e. The van der Waals surface area contributed by atoms with Crippen LogP contribution >= 0.6 is 0 Å². The maximum atomic E-state index is 13.3. The van der Waals surface area contributed by atoms with Crippen molar-refractivity contribution >= 4 is 22.5 Å². The van der Waals surface area contributed by atoms with E-state index in [4.69, 9.17) is 4.74 Å². The van der Waals surface area contributed by atoms with E-state index in [-0.39, 0.29) is 18.5 Å². The van der Waals surface area contributed by atoms with Gasteiger partial charge >= 0.3 is 5.69 Å². The van der Waals surface area contributed by atoms with E-state index in [1.807, 2.05) is 17.0 Å². The van der Waals surface area contributed by atoms with Crippen molar-refractivity contribution in [1.29, 1.82) is 0 Å². The van der Waals surface area contributed by atoms with E-state index in [2.05, 4.69) is 48.0 Å². The zero-order chi connectivity index (χ0) is 26.1. The molecule has 190 valence electrons. The molecular weight excluding hydrogens is 468 g/mol. The second kappa shape index (κ2) is 9.97. The van der Waals surface area contributed by atoms with Crippen molar-refractivity contribution in [2.45, 2.75) is 26.4 Å². The molecule has 0 saturated carbocycles. The summed E-state index contributed by atoms with van der Waals surface area (Å²) in [5.74, 6) is 0.590. The summed E-state index contributed by atoms with van der Waals surface area (Å²) in [5.41, 5.74) is 3.07. The first-order valence-corrected chi connectivity index (χ1v) is 12.4. The van der Waals surface area contributed by atoms with Crippen LogP contribution < -0.4 is 20.9 Å². The van der Waals surface area contributed by atoms with Gasteiger partial charge in [0, 0.05) is 36.9 Å². The molecular formula is C29H30N4O4. The number of hydrogen-bond donors (Lipinski definition) is 1. The molecule has 0 radical (unpaired) electrons. The Hall–Kier alpha value is -4.33. The molecule has 4 aromatic rings. The lowest BCUT2D eigenvalue weighted by Crippen LogP contribution is -2.53. The van der Waals surface area contributed by atoms with Gasteiger partial charge in [0.2, 0.25) is 0 Å². The van der Waals surface area contributed by atoms with Gasteiger partial charge in [-0.3, -0.25) is 14.2 Å². The number of carbonyl (C=O) groups is 1. The smallest absolute Gasteiger partial charge is 0.329 e. The maximum Gasteiger partial charge on any atom is 0.329 e. The number of piperazine rings is 1. The summed E-state index contributed by atoms with van der Waals surface area (Å²) in [4.78, 5) is 46.2. The van der Waals surface area contributed by atoms with Crippen molar-refractivity contribution in [1.82, 2.24) is 14.5 Å². The van der Waals surface area contributed by atoms with Gasteiger partial charge < -0.3 is 19.5 Å². The average Bonchev–Trinajstić information content (AvgIpc) is 2.90. The number of benzene rings is 3. The maximum absolute atomic E-state index is 13.3. The van der Waals surface area contributed by atoms with Crippen LogP contribution in [0.25, 0.3) is 10.9 Å². The van der Waals surface area contributed by atoms with Crippen molar-refractivity contribution in [3.63, 3.8) is 0 Å². The lowest BCUT2D eigenvalue weighted by molar-refractivity contribution is 0.0726. The molecule has 0 bridgehead atoms. The van der Waals surface area contributed by atoms with E-state index in [0.29, 0.717) is 35.3 Å². The van der Waals surface area contributed by atoms with Crippen LogP contribution in [0, 0.1) is 6.92 Å². The van der Waals surface area contributed by atoms with E-state index >= 15 is 0 Å². The lowest BCUT2D eigenvalue weighted by atomic mass is 10.1. The van der Waals surface area contributed by atoms with E-state index in [0.717, 1.165) is 22.4 Å². The number of rotatable bonds is 5. The second-order valence-electron chi connectivity index (χ2n) is 9.56. The number of H-pyrrole nitrogens is 1. The van der Waals surface area contributed by atoms with Gasteiger partial charge in [-0.05, 0) is 67.4 Å². The first-order valence-electron chi connectivity index (χ1n) is 12.4. The van der Waals surface area contributed by atoms with Gasteiger partial charge in [0.05, 0.1) is 24.6 Å². The van der Waals surface area contributed by atoms with Gasteiger partial charge in [0.25, 0.3) is 11.5 Å². The fraction of sp³-hybridized carbons (Fsp3) is 0.276. The van der Waals surface area contributed by atoms with Crippen molar-refractivity contribution in [3.05, 3.63) is 104 Å². The number of aryl methyl sites for hydroxylation is 1. The average molecular weight is 499 g/mol. The van der Waals surface area contributed by atoms with Crippen LogP contribution in [0.5, 0.6) is 5.75 Å². The van der Waals surface area contributed by atoms with Gasteiger partial charge in [0.15, 0.2) is 0 Å². The first-order chi connectivity index (χ1) is 17.8. The van der Waals surface area contributed by atoms with Crippen LogP contribution in [-0.4, -0.2) is 53.1 Å². The predicted octanol–water partition coefficient (Wildman–Crippen LogP) is 3.41. The molecule has 1 aliphatic rings. The molecule has 37 heavy (non-hydrogen) atoms. The molecule has 3 aromatic carbocycles. The summed E-state index contributed by atoms with van der Waals surface area (Å²) in [6, 6.07) is 20.6. The molecule has 2 heterocycles. The summed E-state index contributed by atoms with van der Waals surface area (Å²) < 4.78 is 6.33. The van der Waals surface area contributed by atoms with Gasteiger partial charge in [0.1, 0.15) is 5.75 Å². The molecule has 1 aliphatic heterocycles. The highest BCUT2D eigenvalue weighted by atomic mass is 16.5. The highest BCUT2D eigenvalue weighted by Gasteiger charge is 2.28. The van der Waals surface area contributed by atoms with Crippen molar-refractivity contribution in [3.8, 4) is 5.75 Å². The van der Waals surface area contributed by atoms with E-state index in [9.17, 15) is 14.4 Å². The minimum Gasteiger partial charge on any atom is -0.497 e. The summed E-state index contributed by atoms with van der Waals surface area (Å²) in [5, 5.41) is 0.363. The molecule has 8 nitrogen and oxygen atoms in total. The quantitative estimate of drug-likeness (QED) is 0.456. The molecule has 1 aromatic heterocycles. The molecule has 0 spiro atoms. The topological polar surface area (TPSA) is 87.6 Å². The number of hydrogen-bond acceptors (Lipinski definition) is 5. The van der Waals surface area contributed by atoms with E-state index in [1.54, 1.807) is 37.4 Å². The Kier molecular flexibility index (Phi) is 6.56. The summed E-state index contributed by atoms with van der Waals surface area (Å²) >= 11 is 0. The van der Waals surface area contributed by atoms with Gasteiger partial charge in [-0.1, -0.05) is 24.3 Å². The zero-order valence-corrected chi connectivity index (χ0v) is 21.2. The first kappa shape index (κ1) is 24.4. The van der Waals surface area contributed by atoms with Crippen LogP contribution in [0.3, 0.4) is 0 Å². The third kappa shape index (κ3) is 4.87. The highest BCUT2D eigenvalue weighted by molar-refractivity contribution is 5.97. The number of nitrogens with zero attached hydrogens (tertiary/aromatic N) is 3. The number of methoxy groups -OCH3 is 1. The fourth-order valence-electron chi connectivity index (χ4n) is 4.96. The minimum absolute atomic E-state index is 0.110. The zero-order valence-electron chi connectivity index (χ0n) is 21.2. The number of aromatic nitrogens is 2. The molecule has 0 aliphatic carbocycles. The molecule has 8 heteroatoms. The number of carbonyl (C=O) groups excluding carboxylic acids is 1. The lowest BCUT2D eigenvalue weighted by Gasteiger charge is -2.41. The fourth-order valence-corrected chi connectivity index (χ4v) is 4.96. The Labute approximate surface area is 214 Å². The van der Waals surface area contributed by atoms with Crippen molar-refractivity contribution < 1.29 is 9.53 Å². The van der Waals surface area contributed by atoms with Crippen LogP contribution in [0.2, 0.25) is 0 Å². The van der Waals surface area contributed by atoms with Gasteiger partial charge in [-0.2, -0.15) is 0 Å². The van der Waals surface area contributed by atoms with E-state index in [1.165, 1.54) is 5.56 Å². The molecule has 1 fully saturated rings. The number of anilines is 1. The Morgan fingerprint density at radius 3 is 2.51 bits per heavy atom. The summed E-state index contributed by atoms with van der Waals surface area (Å²) in [7, 11) is 1.58. The number of aromatic amines is 1. The Balaban J connectivity index is 1.36. The molecule has 5 rings (SSSR count). The minimum atomic E-state index is -0.515. The van der Waals surface area contributed by atoms with Gasteiger partial charge in [-0.15, -0.1) is 0 Å². The summed E-state index contributed by atoms with van der Waals surface area (Å²) in [6.45, 7) is 6.24. The molecule has 1 unspecified atom stereocenters. The third-order valence-electron chi connectivity index (χ3n) is 6.98. The van der Waals surface area contributed by atoms with Crippen molar-refractivity contribution in [2.75, 3.05) is 31.6 Å². The van der Waals surface area contributed by atoms with Gasteiger partial charge in [-0.25, -0.2) is 4.79 Å². The Morgan fingerprint density at radius 1 is 1.03 bits per heavy atom. The Bertz CT molecular complexity index is 1570. The summed E-state index contributed by atoms with van der Waals surface area (Å²) in [6.07, 6.45) is 0. The van der Waals surface area contributed by atoms with Crippen LogP contribution in [0.4, 0.5) is 5.69 Å². The number of ether oxygens (including phenoxy) is 1. The second-order valence-corrected chi connectivity index (χ2v) is 9.56. The highest BCUT2D eigenvalue weighted by Crippen LogP contribution is 2.23. The Morgan fingerprint density at radius 2 is 1.81 bits per heavy atom. The number of fused-ring (bicyclic) bond motifs is 1. The molecule has 1 saturated heterocycles. The van der Waals surface area contributed by atoms with Crippen LogP contribution in [0.1, 0.15) is 28.4 Å². The normalized spacial score (nSPS) is 15.7. The SMILES string of the molecule is COc1ccc(Cn2c(=O)[nH]c3cc(C(=O)N4CCN(c5cccc(C)c5)C(C)C4)ccc3c2=O)cc1. The number of nitrogens with one attached hydrogen (secondary N) is 1. The van der Waals surface area contributed by atoms with Crippen molar-refractivity contribution in [2.24, 2.45) is 0 Å². The molecule has 1 amide bonds.